The second kappa shape index (κ2) is 7.22. The SMILES string of the molecule is Nc1nc2c(ncn2[C@@H]2O[C@H](COS(=O)(=O)OS(=O)(=O)O)[C@@H](O)[C@H]2S)c(=O)[nH]1. The third-order valence-electron chi connectivity index (χ3n) is 3.61. The highest BCUT2D eigenvalue weighted by atomic mass is 32.3. The number of nitrogens with two attached hydrogens (primary N) is 1. The van der Waals surface area contributed by atoms with E-state index in [0.717, 1.165) is 0 Å². The lowest BCUT2D eigenvalue weighted by Crippen LogP contribution is -2.32. The number of nitrogen functional groups attached to an aromatic ring is 1. The van der Waals surface area contributed by atoms with Crippen LogP contribution in [0, 0.1) is 0 Å². The Bertz CT molecular complexity index is 1160. The molecule has 1 fully saturated rings. The van der Waals surface area contributed by atoms with Gasteiger partial charge in [0.25, 0.3) is 5.56 Å². The van der Waals surface area contributed by atoms with Crippen LogP contribution in [0.2, 0.25) is 0 Å². The van der Waals surface area contributed by atoms with Crippen LogP contribution in [0.3, 0.4) is 0 Å². The van der Waals surface area contributed by atoms with Crippen molar-refractivity contribution in [1.29, 1.82) is 0 Å². The first kappa shape index (κ1) is 20.9. The van der Waals surface area contributed by atoms with E-state index in [1.807, 2.05) is 0 Å². The highest BCUT2D eigenvalue weighted by molar-refractivity contribution is 7.94. The van der Waals surface area contributed by atoms with Crippen molar-refractivity contribution in [3.8, 4) is 0 Å². The molecule has 0 aliphatic carbocycles. The van der Waals surface area contributed by atoms with Crippen molar-refractivity contribution < 1.29 is 39.0 Å². The number of rotatable bonds is 6. The predicted molar refractivity (Wildman–Crippen MR) is 92.8 cm³/mol. The molecule has 5 N–H and O–H groups in total. The van der Waals surface area contributed by atoms with Gasteiger partial charge in [-0.05, 0) is 0 Å². The second-order valence-corrected chi connectivity index (χ2v) is 8.56. The van der Waals surface area contributed by atoms with Crippen LogP contribution in [0.25, 0.3) is 11.2 Å². The summed E-state index contributed by atoms with van der Waals surface area (Å²) in [6.45, 7) is -0.866. The molecule has 0 aromatic carbocycles. The van der Waals surface area contributed by atoms with E-state index < -0.39 is 56.6 Å². The van der Waals surface area contributed by atoms with Crippen molar-refractivity contribution in [2.75, 3.05) is 12.3 Å². The molecule has 0 saturated carbocycles. The number of aliphatic hydroxyl groups is 1. The average molecular weight is 459 g/mol. The van der Waals surface area contributed by atoms with E-state index >= 15 is 0 Å². The van der Waals surface area contributed by atoms with Crippen LogP contribution in [0.5, 0.6) is 0 Å². The smallest absolute Gasteiger partial charge is 0.389 e. The highest BCUT2D eigenvalue weighted by Crippen LogP contribution is 2.34. The van der Waals surface area contributed by atoms with E-state index in [0.29, 0.717) is 0 Å². The van der Waals surface area contributed by atoms with Gasteiger partial charge < -0.3 is 15.6 Å². The van der Waals surface area contributed by atoms with Crippen molar-refractivity contribution in [1.82, 2.24) is 19.5 Å². The van der Waals surface area contributed by atoms with E-state index in [2.05, 4.69) is 35.4 Å². The number of nitrogens with zero attached hydrogens (tertiary/aromatic N) is 3. The first-order chi connectivity index (χ1) is 12.9. The number of anilines is 1. The van der Waals surface area contributed by atoms with Crippen molar-refractivity contribution in [2.45, 2.75) is 23.7 Å². The monoisotopic (exact) mass is 459 g/mol. The molecule has 0 spiro atoms. The Kier molecular flexibility index (Phi) is 5.40. The fourth-order valence-corrected chi connectivity index (χ4v) is 4.21. The zero-order valence-electron chi connectivity index (χ0n) is 13.4. The number of H-pyrrole nitrogens is 1. The number of aromatic amines is 1. The summed E-state index contributed by atoms with van der Waals surface area (Å²) in [6, 6.07) is 0. The Hall–Kier alpha value is -1.80. The molecular weight excluding hydrogens is 446 g/mol. The molecule has 4 atom stereocenters. The third kappa shape index (κ3) is 4.27. The third-order valence-corrected chi connectivity index (χ3v) is 5.95. The normalized spacial score (nSPS) is 26.1. The maximum atomic E-state index is 11.8. The van der Waals surface area contributed by atoms with Crippen LogP contribution < -0.4 is 11.3 Å². The molecule has 2 aromatic heterocycles. The lowest BCUT2D eigenvalue weighted by Gasteiger charge is -2.16. The van der Waals surface area contributed by atoms with E-state index in [-0.39, 0.29) is 17.1 Å². The van der Waals surface area contributed by atoms with Gasteiger partial charge in [-0.15, -0.1) is 3.63 Å². The summed E-state index contributed by atoms with van der Waals surface area (Å²) in [7, 11) is -10.5. The molecule has 28 heavy (non-hydrogen) atoms. The predicted octanol–water partition coefficient (Wildman–Crippen LogP) is -2.66. The molecule has 3 heterocycles. The van der Waals surface area contributed by atoms with Crippen LogP contribution >= 0.6 is 12.6 Å². The first-order valence-corrected chi connectivity index (χ1v) is 10.4. The van der Waals surface area contributed by atoms with E-state index in [4.69, 9.17) is 15.0 Å². The van der Waals surface area contributed by atoms with Gasteiger partial charge in [-0.1, -0.05) is 0 Å². The zero-order chi connectivity index (χ0) is 20.9. The van der Waals surface area contributed by atoms with Crippen molar-refractivity contribution in [2.24, 2.45) is 0 Å². The van der Waals surface area contributed by atoms with Gasteiger partial charge in [-0.25, -0.2) is 9.17 Å². The van der Waals surface area contributed by atoms with Crippen LogP contribution in [0.1, 0.15) is 6.23 Å². The van der Waals surface area contributed by atoms with Crippen molar-refractivity contribution in [3.63, 3.8) is 0 Å². The highest BCUT2D eigenvalue weighted by Gasteiger charge is 2.44. The Morgan fingerprint density at radius 1 is 1.39 bits per heavy atom. The minimum Gasteiger partial charge on any atom is -0.389 e. The van der Waals surface area contributed by atoms with Gasteiger partial charge >= 0.3 is 20.8 Å². The summed E-state index contributed by atoms with van der Waals surface area (Å²) in [5.41, 5.74) is 4.86. The molecule has 0 amide bonds. The minimum atomic E-state index is -5.33. The van der Waals surface area contributed by atoms with Gasteiger partial charge in [-0.3, -0.25) is 18.9 Å². The fraction of sp³-hybridized carbons (Fsp3) is 0.500. The summed E-state index contributed by atoms with van der Waals surface area (Å²) in [4.78, 5) is 21.9. The van der Waals surface area contributed by atoms with E-state index in [9.17, 15) is 26.7 Å². The topological polar surface area (TPSA) is 226 Å². The molecule has 15 nitrogen and oxygen atoms in total. The molecule has 1 saturated heterocycles. The summed E-state index contributed by atoms with van der Waals surface area (Å²) in [5, 5.41) is 9.26. The molecular formula is C10H13N5O10S3. The maximum absolute atomic E-state index is 11.8. The Balaban J connectivity index is 1.81. The van der Waals surface area contributed by atoms with Gasteiger partial charge in [-0.2, -0.15) is 34.4 Å². The van der Waals surface area contributed by atoms with Crippen LogP contribution in [0.15, 0.2) is 11.1 Å². The first-order valence-electron chi connectivity index (χ1n) is 7.20. The number of thiol groups is 1. The number of imidazole rings is 1. The van der Waals surface area contributed by atoms with Crippen LogP contribution in [-0.2, 0) is 33.3 Å². The molecule has 0 radical (unpaired) electrons. The number of ether oxygens (including phenoxy) is 1. The molecule has 18 heteroatoms. The molecule has 0 bridgehead atoms. The minimum absolute atomic E-state index is 0.0291. The number of fused-ring (bicyclic) bond motifs is 1. The zero-order valence-corrected chi connectivity index (χ0v) is 16.0. The number of aromatic nitrogens is 4. The van der Waals surface area contributed by atoms with Crippen molar-refractivity contribution in [3.05, 3.63) is 16.7 Å². The lowest BCUT2D eigenvalue weighted by atomic mass is 10.2. The average Bonchev–Trinajstić information content (AvgIpc) is 3.06. The standard InChI is InChI=1S/C10H13N5O10S3/c11-10-13-7-4(8(17)14-10)12-2-15(7)9-6(26)5(16)3(24-9)1-23-28(21,22)25-27(18,19)20/h2-3,5-6,9,16,26H,1H2,(H,18,19,20)(H3,11,13,14,17)/t3-,5-,6-,9-/m1/s1. The summed E-state index contributed by atoms with van der Waals surface area (Å²) >= 11 is 4.20. The Morgan fingerprint density at radius 3 is 2.71 bits per heavy atom. The number of aliphatic hydroxyl groups excluding tert-OH is 1. The van der Waals surface area contributed by atoms with Crippen LogP contribution in [0.4, 0.5) is 5.95 Å². The van der Waals surface area contributed by atoms with Gasteiger partial charge in [0.1, 0.15) is 6.10 Å². The Morgan fingerprint density at radius 2 is 2.07 bits per heavy atom. The molecule has 1 aliphatic heterocycles. The summed E-state index contributed by atoms with van der Waals surface area (Å²) in [6.07, 6.45) is -2.56. The Labute approximate surface area is 162 Å². The molecule has 3 rings (SSSR count). The number of hydrogen-bond donors (Lipinski definition) is 5. The summed E-state index contributed by atoms with van der Waals surface area (Å²) in [5.74, 6) is -0.193. The van der Waals surface area contributed by atoms with E-state index in [1.165, 1.54) is 10.9 Å². The van der Waals surface area contributed by atoms with Crippen molar-refractivity contribution >= 4 is 50.5 Å². The molecule has 156 valence electrons. The van der Waals surface area contributed by atoms with Gasteiger partial charge in [0.15, 0.2) is 17.4 Å². The maximum Gasteiger partial charge on any atom is 0.416 e. The molecule has 0 unspecified atom stereocenters. The largest absolute Gasteiger partial charge is 0.416 e. The van der Waals surface area contributed by atoms with Gasteiger partial charge in [0, 0.05) is 0 Å². The number of hydrogen-bond acceptors (Lipinski definition) is 13. The van der Waals surface area contributed by atoms with Gasteiger partial charge in [0.05, 0.1) is 24.3 Å². The molecule has 1 aliphatic rings. The quantitative estimate of drug-likeness (QED) is 0.220. The fourth-order valence-electron chi connectivity index (χ4n) is 2.50. The summed E-state index contributed by atoms with van der Waals surface area (Å²) < 4.78 is 66.4. The second-order valence-electron chi connectivity index (χ2n) is 5.51. The van der Waals surface area contributed by atoms with Crippen LogP contribution in [-0.4, -0.2) is 70.1 Å². The number of nitrogens with one attached hydrogen (secondary N) is 1. The molecule has 2 aromatic rings. The lowest BCUT2D eigenvalue weighted by molar-refractivity contribution is -0.0382. The van der Waals surface area contributed by atoms with E-state index in [1.54, 1.807) is 0 Å². The van der Waals surface area contributed by atoms with Gasteiger partial charge in [0.2, 0.25) is 5.95 Å².